The fourth-order valence-corrected chi connectivity index (χ4v) is 5.16. The summed E-state index contributed by atoms with van der Waals surface area (Å²) in [6.45, 7) is 2.79. The first-order chi connectivity index (χ1) is 14.8. The number of fused-ring (bicyclic) bond motifs is 1. The first-order valence-corrected chi connectivity index (χ1v) is 11.6. The van der Waals surface area contributed by atoms with Crippen LogP contribution in [-0.4, -0.2) is 56.3 Å². The molecule has 0 saturated carbocycles. The van der Waals surface area contributed by atoms with Crippen molar-refractivity contribution in [3.05, 3.63) is 72.0 Å². The van der Waals surface area contributed by atoms with E-state index in [2.05, 4.69) is 5.32 Å². The number of aryl methyl sites for hydroxylation is 1. The molecule has 1 aliphatic heterocycles. The van der Waals surface area contributed by atoms with Gasteiger partial charge in [-0.3, -0.25) is 4.79 Å². The van der Waals surface area contributed by atoms with Crippen LogP contribution in [0.3, 0.4) is 0 Å². The summed E-state index contributed by atoms with van der Waals surface area (Å²) in [6, 6.07) is 17.5. The highest BCUT2D eigenvalue weighted by molar-refractivity contribution is 7.89. The zero-order chi connectivity index (χ0) is 22.0. The molecule has 3 aromatic rings. The number of nitrogens with zero attached hydrogens (tertiary/aromatic N) is 2. The van der Waals surface area contributed by atoms with Crippen LogP contribution in [-0.2, 0) is 14.8 Å². The number of hydrogen-bond acceptors (Lipinski definition) is 4. The van der Waals surface area contributed by atoms with E-state index in [0.29, 0.717) is 13.1 Å². The smallest absolute Gasteiger partial charge is 0.243 e. The van der Waals surface area contributed by atoms with Gasteiger partial charge < -0.3 is 10.2 Å². The van der Waals surface area contributed by atoms with E-state index in [1.807, 2.05) is 24.3 Å². The van der Waals surface area contributed by atoms with E-state index in [4.69, 9.17) is 0 Å². The van der Waals surface area contributed by atoms with Crippen molar-refractivity contribution in [1.29, 1.82) is 0 Å². The van der Waals surface area contributed by atoms with Gasteiger partial charge in [0.25, 0.3) is 0 Å². The molecule has 1 fully saturated rings. The fraction of sp³-hybridized carbons (Fsp3) is 0.261. The van der Waals surface area contributed by atoms with Gasteiger partial charge in [-0.15, -0.1) is 0 Å². The third-order valence-electron chi connectivity index (χ3n) is 5.50. The van der Waals surface area contributed by atoms with Gasteiger partial charge in [0.2, 0.25) is 15.9 Å². The Hall–Kier alpha value is -2.97. The predicted octanol–water partition coefficient (Wildman–Crippen LogP) is 3.23. The Bertz CT molecular complexity index is 1220. The maximum Gasteiger partial charge on any atom is 0.243 e. The molecule has 8 heteroatoms. The van der Waals surface area contributed by atoms with Gasteiger partial charge in [-0.2, -0.15) is 4.31 Å². The number of anilines is 1. The minimum absolute atomic E-state index is 0.0442. The Labute approximate surface area is 181 Å². The summed E-state index contributed by atoms with van der Waals surface area (Å²) in [5.41, 5.74) is 1.08. The number of benzene rings is 3. The van der Waals surface area contributed by atoms with E-state index in [0.717, 1.165) is 16.3 Å². The van der Waals surface area contributed by atoms with Crippen molar-refractivity contribution in [1.82, 2.24) is 9.21 Å². The number of hydrogen-bond donors (Lipinski definition) is 1. The Kier molecular flexibility index (Phi) is 5.93. The summed E-state index contributed by atoms with van der Waals surface area (Å²) in [5, 5.41) is 4.67. The first kappa shape index (κ1) is 21.3. The highest BCUT2D eigenvalue weighted by atomic mass is 32.2. The summed E-state index contributed by atoms with van der Waals surface area (Å²) in [5.74, 6) is -0.596. The highest BCUT2D eigenvalue weighted by Crippen LogP contribution is 2.23. The largest absolute Gasteiger partial charge is 0.374 e. The molecule has 1 amide bonds. The van der Waals surface area contributed by atoms with Crippen LogP contribution in [0, 0.1) is 12.7 Å². The number of nitrogens with one attached hydrogen (secondary N) is 1. The van der Waals surface area contributed by atoms with Gasteiger partial charge in [0, 0.05) is 26.2 Å². The van der Waals surface area contributed by atoms with E-state index in [-0.39, 0.29) is 36.1 Å². The van der Waals surface area contributed by atoms with Crippen LogP contribution in [0.5, 0.6) is 0 Å². The van der Waals surface area contributed by atoms with Crippen molar-refractivity contribution in [3.8, 4) is 0 Å². The normalized spacial score (nSPS) is 15.2. The molecule has 0 spiro atoms. The van der Waals surface area contributed by atoms with Gasteiger partial charge in [0.1, 0.15) is 5.82 Å². The SMILES string of the molecule is Cc1ccc(NCC(=O)N2CCN(S(=O)(=O)c3ccc4ccccc4c3)CC2)c(F)c1. The summed E-state index contributed by atoms with van der Waals surface area (Å²) >= 11 is 0. The Morgan fingerprint density at radius 2 is 1.68 bits per heavy atom. The molecule has 0 aliphatic carbocycles. The van der Waals surface area contributed by atoms with Gasteiger partial charge >= 0.3 is 0 Å². The average Bonchev–Trinajstić information content (AvgIpc) is 2.78. The van der Waals surface area contributed by atoms with Crippen LogP contribution < -0.4 is 5.32 Å². The van der Waals surface area contributed by atoms with Crippen molar-refractivity contribution in [2.45, 2.75) is 11.8 Å². The molecule has 4 rings (SSSR count). The highest BCUT2D eigenvalue weighted by Gasteiger charge is 2.30. The van der Waals surface area contributed by atoms with Crippen LogP contribution in [0.2, 0.25) is 0 Å². The summed E-state index contributed by atoms with van der Waals surface area (Å²) < 4.78 is 41.4. The molecule has 1 aliphatic rings. The third-order valence-corrected chi connectivity index (χ3v) is 7.40. The minimum Gasteiger partial charge on any atom is -0.374 e. The van der Waals surface area contributed by atoms with E-state index in [1.165, 1.54) is 10.4 Å². The molecule has 0 atom stereocenters. The molecule has 0 radical (unpaired) electrons. The molecular formula is C23H24FN3O3S. The molecule has 1 heterocycles. The second-order valence-corrected chi connectivity index (χ2v) is 9.57. The van der Waals surface area contributed by atoms with E-state index in [1.54, 1.807) is 42.2 Å². The van der Waals surface area contributed by atoms with Gasteiger partial charge in [-0.25, -0.2) is 12.8 Å². The van der Waals surface area contributed by atoms with E-state index < -0.39 is 15.8 Å². The lowest BCUT2D eigenvalue weighted by molar-refractivity contribution is -0.130. The molecular weight excluding hydrogens is 417 g/mol. The molecule has 31 heavy (non-hydrogen) atoms. The first-order valence-electron chi connectivity index (χ1n) is 10.1. The predicted molar refractivity (Wildman–Crippen MR) is 119 cm³/mol. The van der Waals surface area contributed by atoms with Crippen LogP contribution in [0.15, 0.2) is 65.6 Å². The Morgan fingerprint density at radius 3 is 2.39 bits per heavy atom. The van der Waals surface area contributed by atoms with Crippen LogP contribution >= 0.6 is 0 Å². The lowest BCUT2D eigenvalue weighted by Gasteiger charge is -2.34. The topological polar surface area (TPSA) is 69.7 Å². The van der Waals surface area contributed by atoms with Gasteiger partial charge in [-0.1, -0.05) is 36.4 Å². The molecule has 1 N–H and O–H groups in total. The van der Waals surface area contributed by atoms with Gasteiger partial charge in [0.05, 0.1) is 17.1 Å². The molecule has 162 valence electrons. The van der Waals surface area contributed by atoms with Crippen molar-refractivity contribution in [2.24, 2.45) is 0 Å². The number of carbonyl (C=O) groups is 1. The number of halogens is 1. The van der Waals surface area contributed by atoms with Crippen molar-refractivity contribution < 1.29 is 17.6 Å². The lowest BCUT2D eigenvalue weighted by Crippen LogP contribution is -2.51. The van der Waals surface area contributed by atoms with E-state index >= 15 is 0 Å². The zero-order valence-electron chi connectivity index (χ0n) is 17.2. The number of piperazine rings is 1. The average molecular weight is 442 g/mol. The minimum atomic E-state index is -3.64. The monoisotopic (exact) mass is 441 g/mol. The van der Waals surface area contributed by atoms with Gasteiger partial charge in [-0.05, 0) is 47.5 Å². The second kappa shape index (κ2) is 8.64. The summed E-state index contributed by atoms with van der Waals surface area (Å²) in [6.07, 6.45) is 0. The molecule has 6 nitrogen and oxygen atoms in total. The number of carbonyl (C=O) groups excluding carboxylic acids is 1. The van der Waals surface area contributed by atoms with Crippen LogP contribution in [0.1, 0.15) is 5.56 Å². The standard InChI is InChI=1S/C23H24FN3O3S/c1-17-6-9-22(21(24)14-17)25-16-23(28)26-10-12-27(13-11-26)31(29,30)20-8-7-18-4-2-3-5-19(18)15-20/h2-9,14-15,25H,10-13,16H2,1H3. The maximum absolute atomic E-state index is 13.9. The van der Waals surface area contributed by atoms with Crippen molar-refractivity contribution in [3.63, 3.8) is 0 Å². The molecule has 1 saturated heterocycles. The number of rotatable bonds is 5. The van der Waals surface area contributed by atoms with Gasteiger partial charge in [0.15, 0.2) is 0 Å². The lowest BCUT2D eigenvalue weighted by atomic mass is 10.1. The van der Waals surface area contributed by atoms with E-state index in [9.17, 15) is 17.6 Å². The van der Waals surface area contributed by atoms with Crippen molar-refractivity contribution in [2.75, 3.05) is 38.0 Å². The second-order valence-electron chi connectivity index (χ2n) is 7.63. The summed E-state index contributed by atoms with van der Waals surface area (Å²) in [4.78, 5) is 14.4. The van der Waals surface area contributed by atoms with Crippen LogP contribution in [0.4, 0.5) is 10.1 Å². The maximum atomic E-state index is 13.9. The third kappa shape index (κ3) is 4.55. The zero-order valence-corrected chi connectivity index (χ0v) is 18.0. The summed E-state index contributed by atoms with van der Waals surface area (Å²) in [7, 11) is -3.64. The Balaban J connectivity index is 1.37. The number of sulfonamides is 1. The molecule has 0 unspecified atom stereocenters. The quantitative estimate of drug-likeness (QED) is 0.660. The molecule has 0 aromatic heterocycles. The molecule has 0 bridgehead atoms. The Morgan fingerprint density at radius 1 is 0.968 bits per heavy atom. The van der Waals surface area contributed by atoms with Crippen molar-refractivity contribution >= 4 is 32.4 Å². The number of amides is 1. The molecule has 3 aromatic carbocycles. The fourth-order valence-electron chi connectivity index (χ4n) is 3.70. The van der Waals surface area contributed by atoms with Crippen LogP contribution in [0.25, 0.3) is 10.8 Å².